The number of rotatable bonds is 3. The van der Waals surface area contributed by atoms with Gasteiger partial charge in [0.1, 0.15) is 5.75 Å². The van der Waals surface area contributed by atoms with Crippen LogP contribution in [0.3, 0.4) is 0 Å². The van der Waals surface area contributed by atoms with Gasteiger partial charge >= 0.3 is 0 Å². The Morgan fingerprint density at radius 2 is 1.82 bits per heavy atom. The van der Waals surface area contributed by atoms with Gasteiger partial charge in [-0.2, -0.15) is 0 Å². The van der Waals surface area contributed by atoms with E-state index in [1.807, 2.05) is 30.3 Å². The molecule has 0 saturated heterocycles. The molecule has 0 aliphatic rings. The summed E-state index contributed by atoms with van der Waals surface area (Å²) in [4.78, 5) is 0. The van der Waals surface area contributed by atoms with Crippen LogP contribution in [-0.2, 0) is 0 Å². The van der Waals surface area contributed by atoms with E-state index in [2.05, 4.69) is 25.1 Å². The highest BCUT2D eigenvalue weighted by Gasteiger charge is 1.99. The van der Waals surface area contributed by atoms with Crippen molar-refractivity contribution < 1.29 is 5.11 Å². The van der Waals surface area contributed by atoms with Gasteiger partial charge in [-0.1, -0.05) is 55.5 Å². The zero-order valence-corrected chi connectivity index (χ0v) is 9.93. The van der Waals surface area contributed by atoms with Crippen LogP contribution in [0.4, 0.5) is 0 Å². The molecule has 0 aromatic heterocycles. The van der Waals surface area contributed by atoms with Gasteiger partial charge in [-0.15, -0.1) is 0 Å². The molecule has 17 heavy (non-hydrogen) atoms. The molecule has 2 aromatic carbocycles. The van der Waals surface area contributed by atoms with Crippen molar-refractivity contribution in [1.29, 1.82) is 0 Å². The molecule has 0 aliphatic heterocycles. The lowest BCUT2D eigenvalue weighted by molar-refractivity contribution is 0.475. The van der Waals surface area contributed by atoms with Crippen molar-refractivity contribution >= 4 is 11.6 Å². The highest BCUT2D eigenvalue weighted by Crippen LogP contribution is 2.22. The fraction of sp³-hybridized carbons (Fsp3) is 0.125. The van der Waals surface area contributed by atoms with Crippen molar-refractivity contribution in [3.63, 3.8) is 0 Å². The van der Waals surface area contributed by atoms with Crippen LogP contribution in [0, 0.1) is 0 Å². The number of phenols is 1. The van der Waals surface area contributed by atoms with Gasteiger partial charge < -0.3 is 5.11 Å². The third-order valence-electron chi connectivity index (χ3n) is 2.74. The Balaban J connectivity index is 2.36. The maximum atomic E-state index is 9.44. The Hall–Kier alpha value is -2.02. The molecule has 0 heterocycles. The number of hydrogen-bond donors (Lipinski definition) is 1. The number of phenolic OH excluding ortho intramolecular Hbond substituents is 1. The summed E-state index contributed by atoms with van der Waals surface area (Å²) in [6.07, 6.45) is 3.09. The van der Waals surface area contributed by atoms with E-state index in [4.69, 9.17) is 0 Å². The van der Waals surface area contributed by atoms with E-state index >= 15 is 0 Å². The van der Waals surface area contributed by atoms with Crippen LogP contribution in [0.15, 0.2) is 54.6 Å². The molecule has 86 valence electrons. The van der Waals surface area contributed by atoms with E-state index in [0.29, 0.717) is 5.75 Å². The fourth-order valence-electron chi connectivity index (χ4n) is 1.86. The fourth-order valence-corrected chi connectivity index (χ4v) is 1.86. The van der Waals surface area contributed by atoms with Gasteiger partial charge in [0.05, 0.1) is 0 Å². The number of benzene rings is 2. The van der Waals surface area contributed by atoms with Crippen molar-refractivity contribution in [3.8, 4) is 5.75 Å². The maximum Gasteiger partial charge on any atom is 0.116 e. The first kappa shape index (κ1) is 11.5. The van der Waals surface area contributed by atoms with Crippen molar-refractivity contribution in [2.45, 2.75) is 13.3 Å². The Kier molecular flexibility index (Phi) is 3.61. The minimum Gasteiger partial charge on any atom is -0.508 e. The molecule has 2 aromatic rings. The standard InChI is InChI=1S/C16H16O/c1-2-14(15-8-4-3-5-9-15)11-13-7-6-10-16(17)12-13/h3-12,17H,2H2,1H3. The lowest BCUT2D eigenvalue weighted by atomic mass is 10.0. The molecule has 1 N–H and O–H groups in total. The molecule has 0 atom stereocenters. The predicted molar refractivity (Wildman–Crippen MR) is 72.7 cm³/mol. The molecule has 2 rings (SSSR count). The van der Waals surface area contributed by atoms with Gasteiger partial charge in [0, 0.05) is 0 Å². The van der Waals surface area contributed by atoms with Crippen molar-refractivity contribution in [2.24, 2.45) is 0 Å². The molecule has 0 radical (unpaired) electrons. The highest BCUT2D eigenvalue weighted by molar-refractivity contribution is 5.81. The van der Waals surface area contributed by atoms with Gasteiger partial charge in [0.15, 0.2) is 0 Å². The summed E-state index contributed by atoms with van der Waals surface area (Å²) in [6, 6.07) is 17.6. The summed E-state index contributed by atoms with van der Waals surface area (Å²) in [5.74, 6) is 0.308. The van der Waals surface area contributed by atoms with Crippen LogP contribution < -0.4 is 0 Å². The average molecular weight is 224 g/mol. The molecule has 1 heteroatoms. The van der Waals surface area contributed by atoms with Gasteiger partial charge in [-0.25, -0.2) is 0 Å². The summed E-state index contributed by atoms with van der Waals surface area (Å²) >= 11 is 0. The van der Waals surface area contributed by atoms with Gasteiger partial charge in [-0.05, 0) is 35.3 Å². The lowest BCUT2D eigenvalue weighted by Crippen LogP contribution is -1.82. The summed E-state index contributed by atoms with van der Waals surface area (Å²) in [5, 5.41) is 9.44. The number of allylic oxidation sites excluding steroid dienone is 1. The molecule has 0 aliphatic carbocycles. The van der Waals surface area contributed by atoms with E-state index in [1.165, 1.54) is 11.1 Å². The third kappa shape index (κ3) is 2.97. The van der Waals surface area contributed by atoms with Crippen molar-refractivity contribution in [2.75, 3.05) is 0 Å². The zero-order valence-electron chi connectivity index (χ0n) is 9.93. The van der Waals surface area contributed by atoms with Crippen LogP contribution in [0.25, 0.3) is 11.6 Å². The zero-order chi connectivity index (χ0) is 12.1. The number of aromatic hydroxyl groups is 1. The van der Waals surface area contributed by atoms with E-state index in [-0.39, 0.29) is 0 Å². The van der Waals surface area contributed by atoms with E-state index < -0.39 is 0 Å². The summed E-state index contributed by atoms with van der Waals surface area (Å²) in [7, 11) is 0. The first-order valence-corrected chi connectivity index (χ1v) is 5.84. The first-order valence-electron chi connectivity index (χ1n) is 5.84. The van der Waals surface area contributed by atoms with E-state index in [0.717, 1.165) is 12.0 Å². The van der Waals surface area contributed by atoms with Crippen LogP contribution in [-0.4, -0.2) is 5.11 Å². The topological polar surface area (TPSA) is 20.2 Å². The van der Waals surface area contributed by atoms with Crippen molar-refractivity contribution in [3.05, 3.63) is 65.7 Å². The average Bonchev–Trinajstić information content (AvgIpc) is 2.37. The highest BCUT2D eigenvalue weighted by atomic mass is 16.3. The van der Waals surface area contributed by atoms with Gasteiger partial charge in [-0.3, -0.25) is 0 Å². The van der Waals surface area contributed by atoms with Crippen LogP contribution >= 0.6 is 0 Å². The second-order valence-electron chi connectivity index (χ2n) is 3.98. The Bertz CT molecular complexity index is 512. The minimum atomic E-state index is 0.308. The third-order valence-corrected chi connectivity index (χ3v) is 2.74. The second kappa shape index (κ2) is 5.35. The smallest absolute Gasteiger partial charge is 0.116 e. The van der Waals surface area contributed by atoms with Gasteiger partial charge in [0.2, 0.25) is 0 Å². The molecule has 0 fully saturated rings. The molecule has 0 amide bonds. The summed E-state index contributed by atoms with van der Waals surface area (Å²) in [6.45, 7) is 2.14. The SMILES string of the molecule is CCC(=Cc1cccc(O)c1)c1ccccc1. The van der Waals surface area contributed by atoms with Crippen LogP contribution in [0.5, 0.6) is 5.75 Å². The molecule has 0 saturated carbocycles. The van der Waals surface area contributed by atoms with Crippen LogP contribution in [0.2, 0.25) is 0 Å². The quantitative estimate of drug-likeness (QED) is 0.769. The predicted octanol–water partition coefficient (Wildman–Crippen LogP) is 4.34. The molecular weight excluding hydrogens is 208 g/mol. The Labute approximate surface area is 102 Å². The Morgan fingerprint density at radius 3 is 2.47 bits per heavy atom. The Morgan fingerprint density at radius 1 is 1.06 bits per heavy atom. The lowest BCUT2D eigenvalue weighted by Gasteiger charge is -2.05. The summed E-state index contributed by atoms with van der Waals surface area (Å²) < 4.78 is 0. The first-order chi connectivity index (χ1) is 8.29. The monoisotopic (exact) mass is 224 g/mol. The van der Waals surface area contributed by atoms with Crippen LogP contribution in [0.1, 0.15) is 24.5 Å². The van der Waals surface area contributed by atoms with E-state index in [1.54, 1.807) is 12.1 Å². The maximum absolute atomic E-state index is 9.44. The molecule has 0 unspecified atom stereocenters. The molecule has 1 nitrogen and oxygen atoms in total. The molecule has 0 spiro atoms. The number of hydrogen-bond acceptors (Lipinski definition) is 1. The van der Waals surface area contributed by atoms with Gasteiger partial charge in [0.25, 0.3) is 0 Å². The second-order valence-corrected chi connectivity index (χ2v) is 3.98. The van der Waals surface area contributed by atoms with E-state index in [9.17, 15) is 5.11 Å². The molecular formula is C16H16O. The normalized spacial score (nSPS) is 11.5. The van der Waals surface area contributed by atoms with Crippen molar-refractivity contribution in [1.82, 2.24) is 0 Å². The molecule has 0 bridgehead atoms. The largest absolute Gasteiger partial charge is 0.508 e. The minimum absolute atomic E-state index is 0.308. The summed E-state index contributed by atoms with van der Waals surface area (Å²) in [5.41, 5.74) is 3.54.